The summed E-state index contributed by atoms with van der Waals surface area (Å²) in [6.07, 6.45) is 5.21. The van der Waals surface area contributed by atoms with Gasteiger partial charge in [0.15, 0.2) is 0 Å². The molecule has 0 saturated carbocycles. The zero-order chi connectivity index (χ0) is 16.9. The maximum atomic E-state index is 12.0. The Balaban J connectivity index is 1.62. The van der Waals surface area contributed by atoms with Crippen LogP contribution in [0.2, 0.25) is 0 Å². The predicted molar refractivity (Wildman–Crippen MR) is 93.8 cm³/mol. The lowest BCUT2D eigenvalue weighted by molar-refractivity contribution is -0.116. The number of pyridine rings is 1. The largest absolute Gasteiger partial charge is 0.497 e. The summed E-state index contributed by atoms with van der Waals surface area (Å²) in [6, 6.07) is 13.5. The van der Waals surface area contributed by atoms with Gasteiger partial charge in [-0.2, -0.15) is 0 Å². The summed E-state index contributed by atoms with van der Waals surface area (Å²) in [4.78, 5) is 16.5. The Bertz CT molecular complexity index is 897. The summed E-state index contributed by atoms with van der Waals surface area (Å²) < 4.78 is 7.17. The lowest BCUT2D eigenvalue weighted by Gasteiger charge is -2.01. The van der Waals surface area contributed by atoms with Crippen LogP contribution in [-0.4, -0.2) is 22.4 Å². The fourth-order valence-electron chi connectivity index (χ4n) is 2.44. The van der Waals surface area contributed by atoms with E-state index in [1.165, 1.54) is 6.08 Å². The van der Waals surface area contributed by atoms with Crippen molar-refractivity contribution in [1.29, 1.82) is 0 Å². The average molecular weight is 321 g/mol. The molecule has 1 amide bonds. The van der Waals surface area contributed by atoms with Crippen LogP contribution in [0, 0.1) is 6.92 Å². The summed E-state index contributed by atoms with van der Waals surface area (Å²) in [7, 11) is 1.62. The third kappa shape index (κ3) is 3.63. The first-order valence-electron chi connectivity index (χ1n) is 7.69. The smallest absolute Gasteiger partial charge is 0.244 e. The molecule has 0 atom stereocenters. The van der Waals surface area contributed by atoms with E-state index in [-0.39, 0.29) is 5.91 Å². The minimum atomic E-state index is -0.161. The third-order valence-electron chi connectivity index (χ3n) is 3.71. The van der Waals surface area contributed by atoms with Crippen LogP contribution in [0.4, 0.5) is 0 Å². The van der Waals surface area contributed by atoms with Gasteiger partial charge in [-0.25, -0.2) is 4.98 Å². The summed E-state index contributed by atoms with van der Waals surface area (Å²) in [5, 5.41) is 2.85. The minimum Gasteiger partial charge on any atom is -0.497 e. The van der Waals surface area contributed by atoms with Crippen LogP contribution >= 0.6 is 0 Å². The van der Waals surface area contributed by atoms with Crippen LogP contribution in [0.15, 0.2) is 54.7 Å². The molecule has 0 fully saturated rings. The van der Waals surface area contributed by atoms with E-state index in [9.17, 15) is 4.79 Å². The van der Waals surface area contributed by atoms with E-state index in [0.29, 0.717) is 6.54 Å². The molecule has 0 aliphatic heterocycles. The molecule has 122 valence electrons. The van der Waals surface area contributed by atoms with Gasteiger partial charge in [-0.1, -0.05) is 18.2 Å². The molecule has 5 nitrogen and oxygen atoms in total. The fraction of sp³-hybridized carbons (Fsp3) is 0.158. The number of nitrogens with zero attached hydrogens (tertiary/aromatic N) is 2. The second-order valence-electron chi connectivity index (χ2n) is 5.46. The summed E-state index contributed by atoms with van der Waals surface area (Å²) in [5.41, 5.74) is 3.72. The first kappa shape index (κ1) is 15.8. The summed E-state index contributed by atoms with van der Waals surface area (Å²) in [6.45, 7) is 2.41. The van der Waals surface area contributed by atoms with Crippen molar-refractivity contribution in [3.05, 3.63) is 71.7 Å². The van der Waals surface area contributed by atoms with E-state index in [4.69, 9.17) is 4.74 Å². The Morgan fingerprint density at radius 2 is 2.12 bits per heavy atom. The zero-order valence-corrected chi connectivity index (χ0v) is 13.7. The molecule has 0 spiro atoms. The van der Waals surface area contributed by atoms with Crippen molar-refractivity contribution in [1.82, 2.24) is 14.7 Å². The maximum Gasteiger partial charge on any atom is 0.244 e. The number of carbonyl (C=O) groups is 1. The van der Waals surface area contributed by atoms with Crippen LogP contribution in [0.1, 0.15) is 17.0 Å². The molecule has 3 aromatic rings. The number of nitrogens with one attached hydrogen (secondary N) is 1. The van der Waals surface area contributed by atoms with Crippen molar-refractivity contribution in [2.75, 3.05) is 7.11 Å². The van der Waals surface area contributed by atoms with Gasteiger partial charge in [-0.3, -0.25) is 4.79 Å². The number of ether oxygens (including phenoxy) is 1. The molecular weight excluding hydrogens is 302 g/mol. The molecule has 5 heteroatoms. The number of amides is 1. The normalized spacial score (nSPS) is 11.1. The molecule has 3 rings (SSSR count). The SMILES string of the molecule is COc1cccc(/C=C/C(=O)NCc2cn3c(C)cccc3n2)c1. The molecular formula is C19H19N3O2. The molecule has 1 N–H and O–H groups in total. The highest BCUT2D eigenvalue weighted by molar-refractivity contribution is 5.91. The Morgan fingerprint density at radius 3 is 2.92 bits per heavy atom. The van der Waals surface area contributed by atoms with Gasteiger partial charge in [0.2, 0.25) is 5.91 Å². The number of aromatic nitrogens is 2. The molecule has 0 bridgehead atoms. The monoisotopic (exact) mass is 321 g/mol. The molecule has 0 radical (unpaired) electrons. The van der Waals surface area contributed by atoms with Crippen LogP contribution in [0.3, 0.4) is 0 Å². The van der Waals surface area contributed by atoms with E-state index >= 15 is 0 Å². The van der Waals surface area contributed by atoms with Gasteiger partial charge in [0.05, 0.1) is 19.3 Å². The molecule has 24 heavy (non-hydrogen) atoms. The van der Waals surface area contributed by atoms with Gasteiger partial charge in [0.1, 0.15) is 11.4 Å². The fourth-order valence-corrected chi connectivity index (χ4v) is 2.44. The van der Waals surface area contributed by atoms with E-state index in [1.54, 1.807) is 13.2 Å². The van der Waals surface area contributed by atoms with Gasteiger partial charge in [0, 0.05) is 18.0 Å². The molecule has 0 unspecified atom stereocenters. The van der Waals surface area contributed by atoms with Crippen LogP contribution in [0.25, 0.3) is 11.7 Å². The molecule has 1 aromatic carbocycles. The van der Waals surface area contributed by atoms with Gasteiger partial charge in [0.25, 0.3) is 0 Å². The highest BCUT2D eigenvalue weighted by atomic mass is 16.5. The number of benzene rings is 1. The Labute approximate surface area is 140 Å². The van der Waals surface area contributed by atoms with Crippen molar-refractivity contribution in [3.8, 4) is 5.75 Å². The number of fused-ring (bicyclic) bond motifs is 1. The molecule has 2 aromatic heterocycles. The van der Waals surface area contributed by atoms with Gasteiger partial charge >= 0.3 is 0 Å². The number of imidazole rings is 1. The number of carbonyl (C=O) groups excluding carboxylic acids is 1. The second-order valence-corrected chi connectivity index (χ2v) is 5.46. The first-order chi connectivity index (χ1) is 11.7. The molecule has 0 aliphatic carbocycles. The lowest BCUT2D eigenvalue weighted by atomic mass is 10.2. The quantitative estimate of drug-likeness (QED) is 0.735. The maximum absolute atomic E-state index is 12.0. The van der Waals surface area contributed by atoms with Crippen molar-refractivity contribution < 1.29 is 9.53 Å². The van der Waals surface area contributed by atoms with Crippen molar-refractivity contribution >= 4 is 17.6 Å². The van der Waals surface area contributed by atoms with E-state index < -0.39 is 0 Å². The van der Waals surface area contributed by atoms with Crippen LogP contribution in [-0.2, 0) is 11.3 Å². The number of methoxy groups -OCH3 is 1. The predicted octanol–water partition coefficient (Wildman–Crippen LogP) is 2.98. The van der Waals surface area contributed by atoms with Crippen LogP contribution in [0.5, 0.6) is 5.75 Å². The topological polar surface area (TPSA) is 55.6 Å². The average Bonchev–Trinajstić information content (AvgIpc) is 3.03. The number of rotatable bonds is 5. The Morgan fingerprint density at radius 1 is 1.29 bits per heavy atom. The highest BCUT2D eigenvalue weighted by Gasteiger charge is 2.04. The van der Waals surface area contributed by atoms with Gasteiger partial charge < -0.3 is 14.5 Å². The van der Waals surface area contributed by atoms with Crippen molar-refractivity contribution in [2.45, 2.75) is 13.5 Å². The Kier molecular flexibility index (Phi) is 4.61. The molecule has 0 saturated heterocycles. The van der Waals surface area contributed by atoms with Crippen molar-refractivity contribution in [2.24, 2.45) is 0 Å². The number of hydrogen-bond donors (Lipinski definition) is 1. The van der Waals surface area contributed by atoms with E-state index in [0.717, 1.165) is 28.3 Å². The zero-order valence-electron chi connectivity index (χ0n) is 13.7. The van der Waals surface area contributed by atoms with Gasteiger partial charge in [-0.15, -0.1) is 0 Å². The summed E-state index contributed by atoms with van der Waals surface area (Å²) in [5.74, 6) is 0.601. The number of hydrogen-bond acceptors (Lipinski definition) is 3. The van der Waals surface area contributed by atoms with E-state index in [2.05, 4.69) is 10.3 Å². The minimum absolute atomic E-state index is 0.161. The number of aryl methyl sites for hydroxylation is 1. The second kappa shape index (κ2) is 7.00. The molecule has 0 aliphatic rings. The summed E-state index contributed by atoms with van der Waals surface area (Å²) >= 11 is 0. The Hall–Kier alpha value is -3.08. The van der Waals surface area contributed by atoms with Crippen molar-refractivity contribution in [3.63, 3.8) is 0 Å². The molecule has 2 heterocycles. The van der Waals surface area contributed by atoms with Crippen LogP contribution < -0.4 is 10.1 Å². The standard InChI is InChI=1S/C19H19N3O2/c1-14-5-3-8-18-21-16(13-22(14)18)12-20-19(23)10-9-15-6-4-7-17(11-15)24-2/h3-11,13H,12H2,1-2H3,(H,20,23)/b10-9+. The highest BCUT2D eigenvalue weighted by Crippen LogP contribution is 2.13. The third-order valence-corrected chi connectivity index (χ3v) is 3.71. The van der Waals surface area contributed by atoms with Gasteiger partial charge in [-0.05, 0) is 42.8 Å². The lowest BCUT2D eigenvalue weighted by Crippen LogP contribution is -2.20. The van der Waals surface area contributed by atoms with E-state index in [1.807, 2.05) is 60.0 Å². The first-order valence-corrected chi connectivity index (χ1v) is 7.69.